The standard InChI is InChI=1S/C12H16F3N/c1-3-9-5-7-10(8-6-9)11(16,4-2)12(13,14)15/h5-8H,3-4,16H2,1-2H3. The molecule has 1 aromatic carbocycles. The normalized spacial score (nSPS) is 15.9. The van der Waals surface area contributed by atoms with Crippen LogP contribution in [0.5, 0.6) is 0 Å². The van der Waals surface area contributed by atoms with Gasteiger partial charge >= 0.3 is 6.18 Å². The maximum Gasteiger partial charge on any atom is 0.410 e. The number of alkyl halides is 3. The van der Waals surface area contributed by atoms with Gasteiger partial charge in [-0.1, -0.05) is 38.1 Å². The number of halogens is 3. The van der Waals surface area contributed by atoms with Crippen molar-refractivity contribution < 1.29 is 13.2 Å². The molecule has 1 nitrogen and oxygen atoms in total. The molecule has 4 heteroatoms. The Kier molecular flexibility index (Phi) is 3.63. The maximum atomic E-state index is 12.8. The summed E-state index contributed by atoms with van der Waals surface area (Å²) in [4.78, 5) is 0. The van der Waals surface area contributed by atoms with Crippen molar-refractivity contribution >= 4 is 0 Å². The molecule has 0 heterocycles. The highest BCUT2D eigenvalue weighted by Gasteiger charge is 2.51. The lowest BCUT2D eigenvalue weighted by atomic mass is 9.87. The summed E-state index contributed by atoms with van der Waals surface area (Å²) in [5.41, 5.74) is 4.35. The monoisotopic (exact) mass is 231 g/mol. The van der Waals surface area contributed by atoms with Crippen molar-refractivity contribution in [3.05, 3.63) is 35.4 Å². The molecule has 0 bridgehead atoms. The summed E-state index contributed by atoms with van der Waals surface area (Å²) in [6.45, 7) is 3.40. The molecule has 0 fully saturated rings. The van der Waals surface area contributed by atoms with Crippen LogP contribution in [0.15, 0.2) is 24.3 Å². The van der Waals surface area contributed by atoms with Gasteiger partial charge in [-0.2, -0.15) is 13.2 Å². The molecule has 0 aliphatic rings. The lowest BCUT2D eigenvalue weighted by Crippen LogP contribution is -2.49. The lowest BCUT2D eigenvalue weighted by Gasteiger charge is -2.31. The number of rotatable bonds is 3. The van der Waals surface area contributed by atoms with Gasteiger partial charge in [0.25, 0.3) is 0 Å². The van der Waals surface area contributed by atoms with Crippen LogP contribution in [0, 0.1) is 0 Å². The van der Waals surface area contributed by atoms with Crippen molar-refractivity contribution in [2.75, 3.05) is 0 Å². The average molecular weight is 231 g/mol. The van der Waals surface area contributed by atoms with Crippen molar-refractivity contribution in [2.24, 2.45) is 5.73 Å². The van der Waals surface area contributed by atoms with E-state index in [1.807, 2.05) is 6.92 Å². The second-order valence-electron chi connectivity index (χ2n) is 3.87. The lowest BCUT2D eigenvalue weighted by molar-refractivity contribution is -0.190. The summed E-state index contributed by atoms with van der Waals surface area (Å²) in [6, 6.07) is 6.32. The number of aryl methyl sites for hydroxylation is 1. The summed E-state index contributed by atoms with van der Waals surface area (Å²) >= 11 is 0. The third-order valence-electron chi connectivity index (χ3n) is 2.94. The summed E-state index contributed by atoms with van der Waals surface area (Å²) < 4.78 is 38.5. The van der Waals surface area contributed by atoms with Crippen molar-refractivity contribution in [2.45, 2.75) is 38.4 Å². The highest BCUT2D eigenvalue weighted by atomic mass is 19.4. The van der Waals surface area contributed by atoms with Crippen molar-refractivity contribution in [3.63, 3.8) is 0 Å². The minimum atomic E-state index is -4.42. The van der Waals surface area contributed by atoms with E-state index < -0.39 is 11.7 Å². The molecule has 0 amide bonds. The number of nitrogens with two attached hydrogens (primary N) is 1. The Morgan fingerprint density at radius 3 is 1.88 bits per heavy atom. The van der Waals surface area contributed by atoms with Gasteiger partial charge in [-0.25, -0.2) is 0 Å². The highest BCUT2D eigenvalue weighted by molar-refractivity contribution is 5.29. The molecule has 90 valence electrons. The molecule has 0 saturated heterocycles. The Bertz CT molecular complexity index is 342. The zero-order valence-corrected chi connectivity index (χ0v) is 9.43. The molecule has 0 aliphatic heterocycles. The summed E-state index contributed by atoms with van der Waals surface area (Å²) in [5, 5.41) is 0. The van der Waals surface area contributed by atoms with Crippen LogP contribution in [0.1, 0.15) is 31.4 Å². The third-order valence-corrected chi connectivity index (χ3v) is 2.94. The van der Waals surface area contributed by atoms with Gasteiger partial charge in [-0.15, -0.1) is 0 Å². The zero-order chi connectivity index (χ0) is 12.4. The SMILES string of the molecule is CCc1ccc(C(N)(CC)C(F)(F)F)cc1. The van der Waals surface area contributed by atoms with E-state index in [1.54, 1.807) is 12.1 Å². The fraction of sp³-hybridized carbons (Fsp3) is 0.500. The minimum Gasteiger partial charge on any atom is -0.314 e. The van der Waals surface area contributed by atoms with Crippen LogP contribution < -0.4 is 5.73 Å². The number of hydrogen-bond donors (Lipinski definition) is 1. The topological polar surface area (TPSA) is 26.0 Å². The van der Waals surface area contributed by atoms with E-state index in [1.165, 1.54) is 19.1 Å². The minimum absolute atomic E-state index is 0.125. The van der Waals surface area contributed by atoms with Crippen molar-refractivity contribution in [3.8, 4) is 0 Å². The van der Waals surface area contributed by atoms with Gasteiger partial charge in [0.2, 0.25) is 0 Å². The van der Waals surface area contributed by atoms with E-state index in [9.17, 15) is 13.2 Å². The maximum absolute atomic E-state index is 12.8. The number of hydrogen-bond acceptors (Lipinski definition) is 1. The Hall–Kier alpha value is -1.03. The molecular formula is C12H16F3N. The van der Waals surface area contributed by atoms with Crippen LogP contribution in [0.25, 0.3) is 0 Å². The van der Waals surface area contributed by atoms with Gasteiger partial charge in [0.1, 0.15) is 5.54 Å². The van der Waals surface area contributed by atoms with Crippen LogP contribution in [-0.2, 0) is 12.0 Å². The molecule has 16 heavy (non-hydrogen) atoms. The van der Waals surface area contributed by atoms with E-state index in [-0.39, 0.29) is 12.0 Å². The molecule has 0 spiro atoms. The first-order chi connectivity index (χ1) is 7.35. The Morgan fingerprint density at radius 2 is 1.56 bits per heavy atom. The van der Waals surface area contributed by atoms with Crippen molar-refractivity contribution in [1.29, 1.82) is 0 Å². The summed E-state index contributed by atoms with van der Waals surface area (Å²) in [6.07, 6.45) is -3.78. The molecule has 0 aliphatic carbocycles. The fourth-order valence-corrected chi connectivity index (χ4v) is 1.61. The predicted molar refractivity (Wildman–Crippen MR) is 58.0 cm³/mol. The Labute approximate surface area is 93.5 Å². The summed E-state index contributed by atoms with van der Waals surface area (Å²) in [7, 11) is 0. The zero-order valence-electron chi connectivity index (χ0n) is 9.43. The fourth-order valence-electron chi connectivity index (χ4n) is 1.61. The van der Waals surface area contributed by atoms with Crippen LogP contribution in [0.2, 0.25) is 0 Å². The molecular weight excluding hydrogens is 215 g/mol. The molecule has 2 N–H and O–H groups in total. The molecule has 1 rings (SSSR count). The smallest absolute Gasteiger partial charge is 0.314 e. The first-order valence-corrected chi connectivity index (χ1v) is 5.30. The molecule has 1 aromatic rings. The third kappa shape index (κ3) is 2.21. The average Bonchev–Trinajstić information content (AvgIpc) is 2.26. The quantitative estimate of drug-likeness (QED) is 0.848. The summed E-state index contributed by atoms with van der Waals surface area (Å²) in [5.74, 6) is 0. The molecule has 1 unspecified atom stereocenters. The Morgan fingerprint density at radius 1 is 1.06 bits per heavy atom. The van der Waals surface area contributed by atoms with Gasteiger partial charge in [0, 0.05) is 0 Å². The van der Waals surface area contributed by atoms with Gasteiger partial charge in [0.15, 0.2) is 0 Å². The first kappa shape index (κ1) is 13.0. The van der Waals surface area contributed by atoms with Crippen LogP contribution in [0.3, 0.4) is 0 Å². The number of benzene rings is 1. The van der Waals surface area contributed by atoms with Gasteiger partial charge in [-0.3, -0.25) is 0 Å². The molecule has 1 atom stereocenters. The van der Waals surface area contributed by atoms with E-state index >= 15 is 0 Å². The van der Waals surface area contributed by atoms with Crippen LogP contribution >= 0.6 is 0 Å². The van der Waals surface area contributed by atoms with Gasteiger partial charge < -0.3 is 5.73 Å². The van der Waals surface area contributed by atoms with E-state index in [0.29, 0.717) is 0 Å². The molecule has 0 radical (unpaired) electrons. The molecule has 0 saturated carbocycles. The highest BCUT2D eigenvalue weighted by Crippen LogP contribution is 2.39. The van der Waals surface area contributed by atoms with E-state index in [2.05, 4.69) is 0 Å². The van der Waals surface area contributed by atoms with Gasteiger partial charge in [0.05, 0.1) is 0 Å². The van der Waals surface area contributed by atoms with Gasteiger partial charge in [-0.05, 0) is 24.0 Å². The molecule has 0 aromatic heterocycles. The second-order valence-corrected chi connectivity index (χ2v) is 3.87. The first-order valence-electron chi connectivity index (χ1n) is 5.30. The van der Waals surface area contributed by atoms with E-state index in [0.717, 1.165) is 12.0 Å². The van der Waals surface area contributed by atoms with Crippen LogP contribution in [-0.4, -0.2) is 6.18 Å². The van der Waals surface area contributed by atoms with E-state index in [4.69, 9.17) is 5.73 Å². The second kappa shape index (κ2) is 4.45. The van der Waals surface area contributed by atoms with Crippen molar-refractivity contribution in [1.82, 2.24) is 0 Å². The predicted octanol–water partition coefficient (Wildman–Crippen LogP) is 3.38. The Balaban J connectivity index is 3.13. The largest absolute Gasteiger partial charge is 0.410 e. The van der Waals surface area contributed by atoms with Crippen LogP contribution in [0.4, 0.5) is 13.2 Å².